The maximum absolute atomic E-state index is 12.4. The summed E-state index contributed by atoms with van der Waals surface area (Å²) in [5, 5.41) is 8.67. The lowest BCUT2D eigenvalue weighted by molar-refractivity contribution is -0.122. The van der Waals surface area contributed by atoms with E-state index in [1.165, 1.54) is 0 Å². The van der Waals surface area contributed by atoms with Gasteiger partial charge in [-0.2, -0.15) is 0 Å². The van der Waals surface area contributed by atoms with Crippen LogP contribution in [0.5, 0.6) is 0 Å². The molecular weight excluding hydrogens is 266 g/mol. The van der Waals surface area contributed by atoms with Gasteiger partial charge in [0.15, 0.2) is 0 Å². The van der Waals surface area contributed by atoms with Crippen molar-refractivity contribution in [2.24, 2.45) is 0 Å². The first-order valence-electron chi connectivity index (χ1n) is 7.42. The Balaban J connectivity index is 2.79. The zero-order chi connectivity index (χ0) is 15.8. The number of hydrogen-bond acceptors (Lipinski definition) is 3. The highest BCUT2D eigenvalue weighted by Crippen LogP contribution is 2.17. The predicted molar refractivity (Wildman–Crippen MR) is 85.6 cm³/mol. The Morgan fingerprint density at radius 1 is 1.24 bits per heavy atom. The molecule has 0 saturated heterocycles. The van der Waals surface area contributed by atoms with E-state index < -0.39 is 6.04 Å². The second-order valence-corrected chi connectivity index (χ2v) is 5.07. The zero-order valence-corrected chi connectivity index (χ0v) is 13.2. The average molecular weight is 291 g/mol. The van der Waals surface area contributed by atoms with Gasteiger partial charge in [-0.15, -0.1) is 0 Å². The van der Waals surface area contributed by atoms with Gasteiger partial charge in [-0.05, 0) is 39.3 Å². The standard InChI is InChI=1S/C16H25N3O2/c1-5-9-18-15(20)12(4)19-16(21)13-10-11(3)7-8-14(13)17-6-2/h7-8,10,12,17H,5-6,9H2,1-4H3,(H,18,20)(H,19,21). The molecule has 0 aliphatic heterocycles. The Labute approximate surface area is 126 Å². The number of anilines is 1. The van der Waals surface area contributed by atoms with Gasteiger partial charge < -0.3 is 16.0 Å². The fourth-order valence-electron chi connectivity index (χ4n) is 1.93. The molecule has 0 heterocycles. The van der Waals surface area contributed by atoms with Crippen molar-refractivity contribution in [3.8, 4) is 0 Å². The molecule has 1 unspecified atom stereocenters. The summed E-state index contributed by atoms with van der Waals surface area (Å²) >= 11 is 0. The fraction of sp³-hybridized carbons (Fsp3) is 0.500. The molecule has 2 amide bonds. The van der Waals surface area contributed by atoms with Crippen molar-refractivity contribution >= 4 is 17.5 Å². The Morgan fingerprint density at radius 2 is 1.95 bits per heavy atom. The first-order valence-corrected chi connectivity index (χ1v) is 7.42. The van der Waals surface area contributed by atoms with Crippen LogP contribution < -0.4 is 16.0 Å². The second-order valence-electron chi connectivity index (χ2n) is 5.07. The van der Waals surface area contributed by atoms with E-state index in [0.29, 0.717) is 12.1 Å². The van der Waals surface area contributed by atoms with Crippen LogP contribution in [0.4, 0.5) is 5.69 Å². The Kier molecular flexibility index (Phi) is 6.72. The van der Waals surface area contributed by atoms with Crippen molar-refractivity contribution in [3.05, 3.63) is 29.3 Å². The van der Waals surface area contributed by atoms with Crippen molar-refractivity contribution in [1.29, 1.82) is 0 Å². The lowest BCUT2D eigenvalue weighted by Crippen LogP contribution is -2.45. The molecule has 0 aliphatic rings. The van der Waals surface area contributed by atoms with Crippen LogP contribution in [0.15, 0.2) is 18.2 Å². The Hall–Kier alpha value is -2.04. The third kappa shape index (κ3) is 5.10. The number of carbonyl (C=O) groups excluding carboxylic acids is 2. The first-order chi connectivity index (χ1) is 9.99. The number of rotatable bonds is 7. The van der Waals surface area contributed by atoms with Crippen LogP contribution in [0.3, 0.4) is 0 Å². The third-order valence-corrected chi connectivity index (χ3v) is 3.08. The molecule has 0 aromatic heterocycles. The normalized spacial score (nSPS) is 11.6. The van der Waals surface area contributed by atoms with Gasteiger partial charge in [0.1, 0.15) is 6.04 Å². The summed E-state index contributed by atoms with van der Waals surface area (Å²) in [5.41, 5.74) is 2.35. The van der Waals surface area contributed by atoms with E-state index in [4.69, 9.17) is 0 Å². The van der Waals surface area contributed by atoms with Crippen LogP contribution in [0, 0.1) is 6.92 Å². The molecule has 1 aromatic rings. The van der Waals surface area contributed by atoms with Crippen LogP contribution in [0.1, 0.15) is 43.1 Å². The summed E-state index contributed by atoms with van der Waals surface area (Å²) in [7, 11) is 0. The molecule has 0 bridgehead atoms. The molecule has 21 heavy (non-hydrogen) atoms. The van der Waals surface area contributed by atoms with E-state index >= 15 is 0 Å². The number of benzene rings is 1. The van der Waals surface area contributed by atoms with Crippen molar-refractivity contribution in [1.82, 2.24) is 10.6 Å². The van der Waals surface area contributed by atoms with Gasteiger partial charge in [0.25, 0.3) is 5.91 Å². The molecule has 5 nitrogen and oxygen atoms in total. The van der Waals surface area contributed by atoms with Gasteiger partial charge in [0, 0.05) is 18.8 Å². The smallest absolute Gasteiger partial charge is 0.254 e. The molecule has 3 N–H and O–H groups in total. The minimum atomic E-state index is -0.556. The monoisotopic (exact) mass is 291 g/mol. The summed E-state index contributed by atoms with van der Waals surface area (Å²) in [6, 6.07) is 5.10. The molecule has 0 spiro atoms. The lowest BCUT2D eigenvalue weighted by atomic mass is 10.1. The molecular formula is C16H25N3O2. The van der Waals surface area contributed by atoms with Crippen LogP contribution in [0.2, 0.25) is 0 Å². The molecule has 1 rings (SSSR count). The number of amides is 2. The van der Waals surface area contributed by atoms with Crippen LogP contribution >= 0.6 is 0 Å². The second kappa shape index (κ2) is 8.29. The molecule has 0 saturated carbocycles. The van der Waals surface area contributed by atoms with Crippen molar-refractivity contribution in [2.75, 3.05) is 18.4 Å². The van der Waals surface area contributed by atoms with Crippen LogP contribution in [0.25, 0.3) is 0 Å². The molecule has 0 aliphatic carbocycles. The summed E-state index contributed by atoms with van der Waals surface area (Å²) in [6.45, 7) is 8.93. The van der Waals surface area contributed by atoms with Gasteiger partial charge in [-0.3, -0.25) is 9.59 Å². The van der Waals surface area contributed by atoms with E-state index in [1.807, 2.05) is 39.0 Å². The number of nitrogens with one attached hydrogen (secondary N) is 3. The summed E-state index contributed by atoms with van der Waals surface area (Å²) < 4.78 is 0. The summed E-state index contributed by atoms with van der Waals surface area (Å²) in [4.78, 5) is 24.2. The first kappa shape index (κ1) is 17.0. The highest BCUT2D eigenvalue weighted by Gasteiger charge is 2.18. The minimum absolute atomic E-state index is 0.164. The van der Waals surface area contributed by atoms with Gasteiger partial charge in [0.2, 0.25) is 5.91 Å². The lowest BCUT2D eigenvalue weighted by Gasteiger charge is -2.16. The van der Waals surface area contributed by atoms with E-state index in [9.17, 15) is 9.59 Å². The molecule has 1 atom stereocenters. The van der Waals surface area contributed by atoms with Crippen molar-refractivity contribution < 1.29 is 9.59 Å². The van der Waals surface area contributed by atoms with Gasteiger partial charge in [-0.1, -0.05) is 18.6 Å². The van der Waals surface area contributed by atoms with Crippen LogP contribution in [-0.4, -0.2) is 30.9 Å². The maximum atomic E-state index is 12.4. The number of hydrogen-bond donors (Lipinski definition) is 3. The van der Waals surface area contributed by atoms with Crippen LogP contribution in [-0.2, 0) is 4.79 Å². The highest BCUT2D eigenvalue weighted by molar-refractivity contribution is 6.01. The summed E-state index contributed by atoms with van der Waals surface area (Å²) in [6.07, 6.45) is 0.870. The molecule has 5 heteroatoms. The zero-order valence-electron chi connectivity index (χ0n) is 13.2. The SMILES string of the molecule is CCCNC(=O)C(C)NC(=O)c1cc(C)ccc1NCC. The minimum Gasteiger partial charge on any atom is -0.385 e. The maximum Gasteiger partial charge on any atom is 0.254 e. The third-order valence-electron chi connectivity index (χ3n) is 3.08. The molecule has 0 fully saturated rings. The Morgan fingerprint density at radius 3 is 2.57 bits per heavy atom. The van der Waals surface area contributed by atoms with Gasteiger partial charge in [0.05, 0.1) is 5.56 Å². The largest absolute Gasteiger partial charge is 0.385 e. The fourth-order valence-corrected chi connectivity index (χ4v) is 1.93. The molecule has 0 radical (unpaired) electrons. The quantitative estimate of drug-likeness (QED) is 0.720. The topological polar surface area (TPSA) is 70.2 Å². The highest BCUT2D eigenvalue weighted by atomic mass is 16.2. The van der Waals surface area contributed by atoms with Crippen molar-refractivity contribution in [2.45, 2.75) is 40.2 Å². The molecule has 116 valence electrons. The predicted octanol–water partition coefficient (Wildman–Crippen LogP) is 2.07. The van der Waals surface area contributed by atoms with E-state index in [1.54, 1.807) is 6.92 Å². The number of aryl methyl sites for hydroxylation is 1. The molecule has 1 aromatic carbocycles. The van der Waals surface area contributed by atoms with Gasteiger partial charge in [-0.25, -0.2) is 0 Å². The van der Waals surface area contributed by atoms with Gasteiger partial charge >= 0.3 is 0 Å². The van der Waals surface area contributed by atoms with E-state index in [0.717, 1.165) is 24.2 Å². The van der Waals surface area contributed by atoms with E-state index in [-0.39, 0.29) is 11.8 Å². The average Bonchev–Trinajstić information content (AvgIpc) is 2.46. The Bertz CT molecular complexity index is 500. The van der Waals surface area contributed by atoms with E-state index in [2.05, 4.69) is 16.0 Å². The summed E-state index contributed by atoms with van der Waals surface area (Å²) in [5.74, 6) is -0.406. The van der Waals surface area contributed by atoms with Crippen molar-refractivity contribution in [3.63, 3.8) is 0 Å². The number of carbonyl (C=O) groups is 2.